The average molecular weight is 469 g/mol. The summed E-state index contributed by atoms with van der Waals surface area (Å²) in [6.07, 6.45) is 2.00. The summed E-state index contributed by atoms with van der Waals surface area (Å²) in [6, 6.07) is 9.59. The SMILES string of the molecule is CC(=O)c1c(CC(=O)C2[C@@H](C(=O)N(F)Cc3cccc(Cl)c3)C[C@@H]3CN23)[nH]c2ncccc12. The fourth-order valence-electron chi connectivity index (χ4n) is 4.99. The lowest BCUT2D eigenvalue weighted by Crippen LogP contribution is -2.42. The molecule has 0 saturated carbocycles. The average Bonchev–Trinajstić information content (AvgIpc) is 3.27. The summed E-state index contributed by atoms with van der Waals surface area (Å²) in [5.74, 6) is -1.84. The van der Waals surface area contributed by atoms with E-state index < -0.39 is 17.9 Å². The highest BCUT2D eigenvalue weighted by Gasteiger charge is 2.57. The highest BCUT2D eigenvalue weighted by atomic mass is 35.5. The van der Waals surface area contributed by atoms with Crippen molar-refractivity contribution in [2.75, 3.05) is 6.54 Å². The van der Waals surface area contributed by atoms with Gasteiger partial charge >= 0.3 is 0 Å². The molecule has 1 aromatic carbocycles. The maximum atomic E-state index is 14.8. The molecule has 3 aromatic rings. The number of carbonyl (C=O) groups is 3. The van der Waals surface area contributed by atoms with Gasteiger partial charge in [0, 0.05) is 46.9 Å². The first-order valence-corrected chi connectivity index (χ1v) is 11.2. The number of benzene rings is 1. The van der Waals surface area contributed by atoms with Gasteiger partial charge in [0.2, 0.25) is 0 Å². The van der Waals surface area contributed by atoms with Gasteiger partial charge in [0.05, 0.1) is 18.5 Å². The van der Waals surface area contributed by atoms with Crippen molar-refractivity contribution in [3.63, 3.8) is 0 Å². The molecule has 0 radical (unpaired) electrons. The summed E-state index contributed by atoms with van der Waals surface area (Å²) in [6.45, 7) is 1.93. The van der Waals surface area contributed by atoms with Crippen molar-refractivity contribution in [2.45, 2.75) is 38.4 Å². The molecule has 0 spiro atoms. The Bertz CT molecular complexity index is 1280. The molecule has 7 nitrogen and oxygen atoms in total. The van der Waals surface area contributed by atoms with E-state index in [-0.39, 0.29) is 35.7 Å². The maximum absolute atomic E-state index is 14.8. The van der Waals surface area contributed by atoms with Crippen LogP contribution in [0.2, 0.25) is 5.02 Å². The Labute approximate surface area is 194 Å². The number of ketones is 2. The summed E-state index contributed by atoms with van der Waals surface area (Å²) in [7, 11) is 0. The van der Waals surface area contributed by atoms with Crippen molar-refractivity contribution in [3.05, 3.63) is 64.4 Å². The number of rotatable bonds is 7. The predicted octanol–water partition coefficient (Wildman–Crippen LogP) is 3.52. The number of hydrogen-bond acceptors (Lipinski definition) is 5. The van der Waals surface area contributed by atoms with Crippen LogP contribution in [0.25, 0.3) is 11.0 Å². The van der Waals surface area contributed by atoms with Gasteiger partial charge in [0.25, 0.3) is 5.91 Å². The quantitative estimate of drug-likeness (QED) is 0.326. The van der Waals surface area contributed by atoms with E-state index in [0.29, 0.717) is 45.8 Å². The van der Waals surface area contributed by atoms with Crippen LogP contribution in [0.5, 0.6) is 0 Å². The molecule has 4 atom stereocenters. The number of H-pyrrole nitrogens is 1. The highest BCUT2D eigenvalue weighted by molar-refractivity contribution is 6.30. The minimum Gasteiger partial charge on any atom is -0.342 e. The van der Waals surface area contributed by atoms with E-state index in [2.05, 4.69) is 9.97 Å². The summed E-state index contributed by atoms with van der Waals surface area (Å²) in [4.78, 5) is 47.8. The van der Waals surface area contributed by atoms with Gasteiger partial charge in [-0.15, -0.1) is 0 Å². The lowest BCUT2D eigenvalue weighted by molar-refractivity contribution is -0.155. The standard InChI is InChI=1S/C24H22ClFN4O3/c1-13(31)21-17-6-3-7-27-23(17)28-19(21)10-20(32)22-18(9-16-12-29(16)22)24(33)30(26)11-14-4-2-5-15(25)8-14/h2-8,16,18,22H,9-12H2,1H3,(H,27,28)/t16-,18+,22?,29?/m1/s1. The van der Waals surface area contributed by atoms with Crippen molar-refractivity contribution < 1.29 is 18.9 Å². The number of carbonyl (C=O) groups excluding carboxylic acids is 3. The second kappa shape index (κ2) is 8.35. The molecule has 1 amide bonds. The monoisotopic (exact) mass is 468 g/mol. The summed E-state index contributed by atoms with van der Waals surface area (Å²) in [5, 5.41) is 1.30. The zero-order valence-corrected chi connectivity index (χ0v) is 18.7. The molecule has 0 bridgehead atoms. The second-order valence-electron chi connectivity index (χ2n) is 8.70. The number of fused-ring (bicyclic) bond motifs is 2. The number of hydrogen-bond donors (Lipinski definition) is 1. The smallest absolute Gasteiger partial charge is 0.255 e. The molecule has 5 rings (SSSR count). The van der Waals surface area contributed by atoms with Crippen molar-refractivity contribution in [1.82, 2.24) is 20.0 Å². The van der Waals surface area contributed by atoms with Gasteiger partial charge in [-0.1, -0.05) is 28.2 Å². The van der Waals surface area contributed by atoms with Crippen LogP contribution in [0, 0.1) is 5.92 Å². The van der Waals surface area contributed by atoms with Crippen LogP contribution in [0.3, 0.4) is 0 Å². The van der Waals surface area contributed by atoms with E-state index in [4.69, 9.17) is 11.6 Å². The summed E-state index contributed by atoms with van der Waals surface area (Å²) < 4.78 is 14.8. The Morgan fingerprint density at radius 2 is 2.09 bits per heavy atom. The maximum Gasteiger partial charge on any atom is 0.255 e. The number of pyridine rings is 1. The van der Waals surface area contributed by atoms with Crippen molar-refractivity contribution in [2.24, 2.45) is 5.92 Å². The number of nitrogens with one attached hydrogen (secondary N) is 1. The number of halogens is 2. The van der Waals surface area contributed by atoms with Crippen LogP contribution >= 0.6 is 11.6 Å². The van der Waals surface area contributed by atoms with Gasteiger partial charge in [-0.25, -0.2) is 4.98 Å². The van der Waals surface area contributed by atoms with E-state index in [1.807, 2.05) is 4.90 Å². The van der Waals surface area contributed by atoms with E-state index in [1.165, 1.54) is 6.92 Å². The van der Waals surface area contributed by atoms with E-state index in [0.717, 1.165) is 0 Å². The third-order valence-electron chi connectivity index (χ3n) is 6.47. The number of nitrogens with zero attached hydrogens (tertiary/aromatic N) is 3. The molecule has 2 aromatic heterocycles. The van der Waals surface area contributed by atoms with Crippen LogP contribution in [0.4, 0.5) is 4.48 Å². The molecule has 33 heavy (non-hydrogen) atoms. The van der Waals surface area contributed by atoms with Gasteiger partial charge in [0.1, 0.15) is 5.65 Å². The van der Waals surface area contributed by atoms with Crippen LogP contribution in [0.1, 0.15) is 35.0 Å². The van der Waals surface area contributed by atoms with Crippen molar-refractivity contribution >= 4 is 40.1 Å². The first-order chi connectivity index (χ1) is 15.8. The van der Waals surface area contributed by atoms with Crippen molar-refractivity contribution in [3.8, 4) is 0 Å². The van der Waals surface area contributed by atoms with Crippen LogP contribution in [0.15, 0.2) is 42.6 Å². The molecule has 2 saturated heterocycles. The Balaban J connectivity index is 1.36. The molecule has 2 aliphatic rings. The Morgan fingerprint density at radius 3 is 2.85 bits per heavy atom. The molecule has 2 aliphatic heterocycles. The molecule has 0 aliphatic carbocycles. The lowest BCUT2D eigenvalue weighted by atomic mass is 9.90. The zero-order valence-electron chi connectivity index (χ0n) is 17.9. The number of piperidine rings is 1. The Morgan fingerprint density at radius 1 is 1.27 bits per heavy atom. The normalized spacial score (nSPS) is 23.4. The number of amides is 1. The van der Waals surface area contributed by atoms with Gasteiger partial charge in [-0.2, -0.15) is 5.12 Å². The topological polar surface area (TPSA) is 86.1 Å². The van der Waals surface area contributed by atoms with Crippen LogP contribution in [-0.4, -0.2) is 56.1 Å². The van der Waals surface area contributed by atoms with Crippen LogP contribution < -0.4 is 0 Å². The minimum absolute atomic E-state index is 0.0521. The zero-order chi connectivity index (χ0) is 23.3. The fraction of sp³-hybridized carbons (Fsp3) is 0.333. The first kappa shape index (κ1) is 21.7. The molecule has 170 valence electrons. The highest BCUT2D eigenvalue weighted by Crippen LogP contribution is 2.42. The largest absolute Gasteiger partial charge is 0.342 e. The molecule has 2 unspecified atom stereocenters. The summed E-state index contributed by atoms with van der Waals surface area (Å²) in [5.41, 5.74) is 2.02. The predicted molar refractivity (Wildman–Crippen MR) is 120 cm³/mol. The molecular weight excluding hydrogens is 447 g/mol. The number of aromatic amines is 1. The van der Waals surface area contributed by atoms with Gasteiger partial charge < -0.3 is 4.98 Å². The molecule has 9 heteroatoms. The first-order valence-electron chi connectivity index (χ1n) is 10.8. The molecule has 2 fully saturated rings. The van der Waals surface area contributed by atoms with E-state index in [1.54, 1.807) is 42.6 Å². The summed E-state index contributed by atoms with van der Waals surface area (Å²) >= 11 is 5.96. The lowest BCUT2D eigenvalue weighted by Gasteiger charge is -2.23. The minimum atomic E-state index is -0.760. The van der Waals surface area contributed by atoms with Crippen molar-refractivity contribution in [1.29, 1.82) is 0 Å². The van der Waals surface area contributed by atoms with E-state index in [9.17, 15) is 18.9 Å². The number of Topliss-reactive ketones (excluding diaryl/α,β-unsaturated/α-hetero) is 2. The fourth-order valence-corrected chi connectivity index (χ4v) is 5.20. The number of aromatic nitrogens is 2. The third kappa shape index (κ3) is 4.05. The Hall–Kier alpha value is -3.10. The third-order valence-corrected chi connectivity index (χ3v) is 6.70. The molecular formula is C24H22ClFN4O3. The molecule has 1 N–H and O–H groups in total. The van der Waals surface area contributed by atoms with E-state index >= 15 is 0 Å². The van der Waals surface area contributed by atoms with Gasteiger partial charge in [-0.3, -0.25) is 19.3 Å². The van der Waals surface area contributed by atoms with Gasteiger partial charge in [-0.05, 0) is 43.2 Å². The molecule has 4 heterocycles. The van der Waals surface area contributed by atoms with Crippen LogP contribution in [-0.2, 0) is 22.6 Å². The van der Waals surface area contributed by atoms with Gasteiger partial charge in [0.15, 0.2) is 11.6 Å². The Kier molecular flexibility index (Phi) is 5.50. The second-order valence-corrected chi connectivity index (χ2v) is 9.14.